The molecule has 1 rings (SSSR count). The number of hydrogen-bond acceptors (Lipinski definition) is 5. The third-order valence-electron chi connectivity index (χ3n) is 2.17. The van der Waals surface area contributed by atoms with Crippen molar-refractivity contribution in [3.05, 3.63) is 35.9 Å². The minimum absolute atomic E-state index is 0.308. The molecule has 1 aromatic carbocycles. The molecule has 0 saturated carbocycles. The molecule has 6 heteroatoms. The van der Waals surface area contributed by atoms with Crippen molar-refractivity contribution in [1.82, 2.24) is 5.32 Å². The van der Waals surface area contributed by atoms with Crippen LogP contribution in [0.15, 0.2) is 30.3 Å². The molecule has 0 aliphatic carbocycles. The summed E-state index contributed by atoms with van der Waals surface area (Å²) in [5.74, 6) is 4.13. The van der Waals surface area contributed by atoms with Crippen LogP contribution in [0.3, 0.4) is 0 Å². The van der Waals surface area contributed by atoms with Crippen LogP contribution in [0.2, 0.25) is 0 Å². The topological polar surface area (TPSA) is 90.6 Å². The fourth-order valence-corrected chi connectivity index (χ4v) is 1.36. The van der Waals surface area contributed by atoms with E-state index in [0.717, 1.165) is 5.56 Å². The quantitative estimate of drug-likeness (QED) is 0.584. The van der Waals surface area contributed by atoms with E-state index in [0.29, 0.717) is 6.42 Å². The number of methoxy groups -OCH3 is 1. The predicted octanol–water partition coefficient (Wildman–Crippen LogP) is 0.371. The summed E-state index contributed by atoms with van der Waals surface area (Å²) in [5, 5.41) is 2.31. The van der Waals surface area contributed by atoms with Gasteiger partial charge in [0.05, 0.1) is 7.11 Å². The minimum Gasteiger partial charge on any atom is -0.467 e. The van der Waals surface area contributed by atoms with E-state index in [1.807, 2.05) is 30.3 Å². The van der Waals surface area contributed by atoms with E-state index in [1.54, 1.807) is 0 Å². The van der Waals surface area contributed by atoms with Gasteiger partial charge in [-0.2, -0.15) is 5.90 Å². The van der Waals surface area contributed by atoms with Gasteiger partial charge >= 0.3 is 12.1 Å². The molecule has 0 bridgehead atoms. The predicted molar refractivity (Wildman–Crippen MR) is 59.8 cm³/mol. The molecule has 1 aromatic rings. The molecule has 3 N–H and O–H groups in total. The largest absolute Gasteiger partial charge is 0.467 e. The average Bonchev–Trinajstić information content (AvgIpc) is 2.38. The van der Waals surface area contributed by atoms with E-state index < -0.39 is 18.1 Å². The summed E-state index contributed by atoms with van der Waals surface area (Å²) in [5.41, 5.74) is 0.889. The number of carbonyl (C=O) groups is 2. The lowest BCUT2D eigenvalue weighted by molar-refractivity contribution is -0.142. The smallest absolute Gasteiger partial charge is 0.426 e. The molecule has 0 unspecified atom stereocenters. The second-order valence-electron chi connectivity index (χ2n) is 3.32. The Kier molecular flexibility index (Phi) is 4.96. The highest BCUT2D eigenvalue weighted by atomic mass is 16.7. The zero-order valence-corrected chi connectivity index (χ0v) is 9.38. The van der Waals surface area contributed by atoms with Gasteiger partial charge in [-0.25, -0.2) is 9.59 Å². The molecule has 0 aliphatic rings. The summed E-state index contributed by atoms with van der Waals surface area (Å²) in [7, 11) is 1.25. The average molecular weight is 238 g/mol. The van der Waals surface area contributed by atoms with Crippen molar-refractivity contribution in [2.45, 2.75) is 12.5 Å². The molecule has 17 heavy (non-hydrogen) atoms. The van der Waals surface area contributed by atoms with E-state index in [4.69, 9.17) is 5.90 Å². The first-order valence-electron chi connectivity index (χ1n) is 4.96. The van der Waals surface area contributed by atoms with Crippen molar-refractivity contribution < 1.29 is 19.2 Å². The second kappa shape index (κ2) is 6.49. The Balaban J connectivity index is 2.70. The molecule has 6 nitrogen and oxygen atoms in total. The normalized spacial score (nSPS) is 11.4. The van der Waals surface area contributed by atoms with Gasteiger partial charge in [0.2, 0.25) is 0 Å². The molecule has 0 saturated heterocycles. The van der Waals surface area contributed by atoms with Gasteiger partial charge in [0.1, 0.15) is 6.04 Å². The highest BCUT2D eigenvalue weighted by molar-refractivity contribution is 5.81. The summed E-state index contributed by atoms with van der Waals surface area (Å²) in [6, 6.07) is 8.39. The number of esters is 1. The molecule has 1 amide bonds. The van der Waals surface area contributed by atoms with Crippen LogP contribution in [0.5, 0.6) is 0 Å². The molecule has 0 spiro atoms. The summed E-state index contributed by atoms with van der Waals surface area (Å²) >= 11 is 0. The van der Waals surface area contributed by atoms with Gasteiger partial charge in [-0.3, -0.25) is 0 Å². The van der Waals surface area contributed by atoms with E-state index in [9.17, 15) is 9.59 Å². The number of benzene rings is 1. The van der Waals surface area contributed by atoms with Gasteiger partial charge in [0.25, 0.3) is 0 Å². The zero-order chi connectivity index (χ0) is 12.7. The number of nitrogens with one attached hydrogen (secondary N) is 1. The number of nitrogens with two attached hydrogens (primary N) is 1. The number of hydrogen-bond donors (Lipinski definition) is 2. The van der Waals surface area contributed by atoms with Crippen LogP contribution in [0.1, 0.15) is 5.56 Å². The van der Waals surface area contributed by atoms with Crippen LogP contribution in [0.25, 0.3) is 0 Å². The van der Waals surface area contributed by atoms with Crippen LogP contribution in [-0.2, 0) is 20.8 Å². The maximum absolute atomic E-state index is 11.4. The first-order valence-corrected chi connectivity index (χ1v) is 4.96. The third-order valence-corrected chi connectivity index (χ3v) is 2.17. The monoisotopic (exact) mass is 238 g/mol. The van der Waals surface area contributed by atoms with Gasteiger partial charge in [0, 0.05) is 6.42 Å². The Morgan fingerprint density at radius 2 is 2.00 bits per heavy atom. The zero-order valence-electron chi connectivity index (χ0n) is 9.38. The number of ether oxygens (including phenoxy) is 1. The van der Waals surface area contributed by atoms with Crippen molar-refractivity contribution in [1.29, 1.82) is 0 Å². The van der Waals surface area contributed by atoms with Crippen LogP contribution < -0.4 is 11.2 Å². The van der Waals surface area contributed by atoms with Crippen molar-refractivity contribution in [2.24, 2.45) is 5.90 Å². The van der Waals surface area contributed by atoms with E-state index in [1.165, 1.54) is 7.11 Å². The lowest BCUT2D eigenvalue weighted by Gasteiger charge is -2.15. The molecule has 92 valence electrons. The Hall–Kier alpha value is -2.08. The summed E-state index contributed by atoms with van der Waals surface area (Å²) in [6.45, 7) is 0. The number of rotatable bonds is 4. The molecular weight excluding hydrogens is 224 g/mol. The lowest BCUT2D eigenvalue weighted by atomic mass is 10.1. The maximum Gasteiger partial charge on any atom is 0.426 e. The lowest BCUT2D eigenvalue weighted by Crippen LogP contribution is -2.44. The van der Waals surface area contributed by atoms with Crippen LogP contribution in [0.4, 0.5) is 4.79 Å². The van der Waals surface area contributed by atoms with Crippen molar-refractivity contribution in [3.63, 3.8) is 0 Å². The van der Waals surface area contributed by atoms with E-state index >= 15 is 0 Å². The Morgan fingerprint density at radius 1 is 1.35 bits per heavy atom. The minimum atomic E-state index is -0.878. The fraction of sp³-hybridized carbons (Fsp3) is 0.273. The fourth-order valence-electron chi connectivity index (χ4n) is 1.36. The van der Waals surface area contributed by atoms with Crippen molar-refractivity contribution in [3.8, 4) is 0 Å². The molecule has 0 radical (unpaired) electrons. The van der Waals surface area contributed by atoms with Crippen LogP contribution >= 0.6 is 0 Å². The van der Waals surface area contributed by atoms with Gasteiger partial charge in [-0.1, -0.05) is 30.3 Å². The number of carbonyl (C=O) groups excluding carboxylic acids is 2. The molecule has 0 aliphatic heterocycles. The SMILES string of the molecule is COC(=O)[C@H](Cc1ccccc1)NC(=O)ON. The summed E-state index contributed by atoms with van der Waals surface area (Å²) in [4.78, 5) is 26.4. The Morgan fingerprint density at radius 3 is 2.53 bits per heavy atom. The van der Waals surface area contributed by atoms with Crippen LogP contribution in [-0.4, -0.2) is 25.2 Å². The molecule has 0 heterocycles. The van der Waals surface area contributed by atoms with Crippen molar-refractivity contribution in [2.75, 3.05) is 7.11 Å². The highest BCUT2D eigenvalue weighted by Gasteiger charge is 2.22. The Labute approximate surface area is 98.7 Å². The van der Waals surface area contributed by atoms with Crippen molar-refractivity contribution >= 4 is 12.1 Å². The first-order chi connectivity index (χ1) is 8.17. The third kappa shape index (κ3) is 4.12. The molecule has 0 fully saturated rings. The summed E-state index contributed by atoms with van der Waals surface area (Å²) < 4.78 is 4.58. The van der Waals surface area contributed by atoms with Crippen LogP contribution in [0, 0.1) is 0 Å². The molecule has 0 aromatic heterocycles. The first kappa shape index (κ1) is 13.0. The number of amides is 1. The van der Waals surface area contributed by atoms with E-state index in [2.05, 4.69) is 14.9 Å². The summed E-state index contributed by atoms with van der Waals surface area (Å²) in [6.07, 6.45) is -0.570. The van der Waals surface area contributed by atoms with Gasteiger partial charge in [-0.15, -0.1) is 0 Å². The molecular formula is C11H14N2O4. The van der Waals surface area contributed by atoms with Gasteiger partial charge in [0.15, 0.2) is 0 Å². The molecule has 1 atom stereocenters. The second-order valence-corrected chi connectivity index (χ2v) is 3.32. The van der Waals surface area contributed by atoms with E-state index in [-0.39, 0.29) is 0 Å². The standard InChI is InChI=1S/C11H14N2O4/c1-16-10(14)9(13-11(15)17-12)7-8-5-3-2-4-6-8/h2-6,9H,7,12H2,1H3,(H,13,15)/t9-/m0/s1. The Bertz CT molecular complexity index is 380. The maximum atomic E-state index is 11.4. The van der Waals surface area contributed by atoms with Gasteiger partial charge in [-0.05, 0) is 5.56 Å². The highest BCUT2D eigenvalue weighted by Crippen LogP contribution is 2.04. The van der Waals surface area contributed by atoms with Gasteiger partial charge < -0.3 is 14.9 Å².